The molecule has 0 saturated heterocycles. The zero-order valence-corrected chi connectivity index (χ0v) is 12.0. The van der Waals surface area contributed by atoms with E-state index in [1.165, 1.54) is 4.57 Å². The standard InChI is InChI=1S/C11H6Cl2INO2/c12-7-2-1-3-8(13)10(7)15-5-6(14)4-9(15)11(16)17/h1-5H,(H,16,17). The van der Waals surface area contributed by atoms with Crippen molar-refractivity contribution in [3.8, 4) is 5.69 Å². The first kappa shape index (κ1) is 12.7. The van der Waals surface area contributed by atoms with E-state index in [9.17, 15) is 4.79 Å². The predicted molar refractivity (Wildman–Crippen MR) is 75.5 cm³/mol. The van der Waals surface area contributed by atoms with Crippen LogP contribution < -0.4 is 0 Å². The lowest BCUT2D eigenvalue weighted by Gasteiger charge is -2.10. The van der Waals surface area contributed by atoms with Crippen molar-refractivity contribution in [1.29, 1.82) is 0 Å². The summed E-state index contributed by atoms with van der Waals surface area (Å²) in [7, 11) is 0. The summed E-state index contributed by atoms with van der Waals surface area (Å²) in [4.78, 5) is 11.1. The van der Waals surface area contributed by atoms with Crippen molar-refractivity contribution >= 4 is 51.8 Å². The van der Waals surface area contributed by atoms with Crippen molar-refractivity contribution in [3.05, 3.63) is 49.8 Å². The molecule has 0 atom stereocenters. The maximum absolute atomic E-state index is 11.1. The summed E-state index contributed by atoms with van der Waals surface area (Å²) in [6, 6.07) is 6.61. The van der Waals surface area contributed by atoms with Crippen LogP contribution in [0, 0.1) is 3.57 Å². The largest absolute Gasteiger partial charge is 0.477 e. The highest BCUT2D eigenvalue weighted by molar-refractivity contribution is 14.1. The Bertz CT molecular complexity index is 575. The number of carboxylic acids is 1. The molecule has 88 valence electrons. The van der Waals surface area contributed by atoms with Crippen molar-refractivity contribution in [2.45, 2.75) is 0 Å². The number of halogens is 3. The minimum Gasteiger partial charge on any atom is -0.477 e. The molecule has 0 spiro atoms. The molecule has 0 aliphatic carbocycles. The molecule has 0 aliphatic heterocycles. The monoisotopic (exact) mass is 381 g/mol. The first-order valence-electron chi connectivity index (χ1n) is 4.56. The Balaban J connectivity index is 2.72. The van der Waals surface area contributed by atoms with Crippen LogP contribution in [0.5, 0.6) is 0 Å². The van der Waals surface area contributed by atoms with Gasteiger partial charge in [-0.25, -0.2) is 4.79 Å². The fourth-order valence-corrected chi connectivity index (χ4v) is 2.65. The Morgan fingerprint density at radius 2 is 1.88 bits per heavy atom. The van der Waals surface area contributed by atoms with Crippen LogP contribution in [0.15, 0.2) is 30.5 Å². The van der Waals surface area contributed by atoms with Crippen LogP contribution in [0.25, 0.3) is 5.69 Å². The van der Waals surface area contributed by atoms with Gasteiger partial charge < -0.3 is 9.67 Å². The van der Waals surface area contributed by atoms with Gasteiger partial charge in [0.25, 0.3) is 0 Å². The van der Waals surface area contributed by atoms with Gasteiger partial charge in [-0.05, 0) is 40.8 Å². The molecule has 2 rings (SSSR count). The molecule has 17 heavy (non-hydrogen) atoms. The summed E-state index contributed by atoms with van der Waals surface area (Å²) in [5.41, 5.74) is 0.612. The Morgan fingerprint density at radius 3 is 2.41 bits per heavy atom. The molecule has 1 aromatic heterocycles. The van der Waals surface area contributed by atoms with E-state index < -0.39 is 5.97 Å². The summed E-state index contributed by atoms with van der Waals surface area (Å²) in [6.45, 7) is 0. The third kappa shape index (κ3) is 2.43. The molecular weight excluding hydrogens is 376 g/mol. The highest BCUT2D eigenvalue weighted by Gasteiger charge is 2.16. The molecule has 0 unspecified atom stereocenters. The van der Waals surface area contributed by atoms with Gasteiger partial charge in [-0.15, -0.1) is 0 Å². The first-order valence-corrected chi connectivity index (χ1v) is 6.39. The van der Waals surface area contributed by atoms with Crippen molar-refractivity contribution in [3.63, 3.8) is 0 Å². The number of carboxylic acid groups (broad SMARTS) is 1. The molecule has 2 aromatic rings. The number of nitrogens with zero attached hydrogens (tertiary/aromatic N) is 1. The second-order valence-corrected chi connectivity index (χ2v) is 5.35. The molecule has 3 nitrogen and oxygen atoms in total. The zero-order valence-electron chi connectivity index (χ0n) is 8.32. The smallest absolute Gasteiger partial charge is 0.352 e. The van der Waals surface area contributed by atoms with Gasteiger partial charge in [-0.1, -0.05) is 29.3 Å². The topological polar surface area (TPSA) is 42.2 Å². The molecule has 0 saturated carbocycles. The number of aromatic carboxylic acids is 1. The maximum atomic E-state index is 11.1. The van der Waals surface area contributed by atoms with E-state index in [1.807, 2.05) is 22.6 Å². The molecule has 6 heteroatoms. The summed E-state index contributed by atoms with van der Waals surface area (Å²) in [6.07, 6.45) is 1.68. The Kier molecular flexibility index (Phi) is 3.65. The van der Waals surface area contributed by atoms with Crippen molar-refractivity contribution in [2.24, 2.45) is 0 Å². The fourth-order valence-electron chi connectivity index (χ4n) is 1.50. The summed E-state index contributed by atoms with van der Waals surface area (Å²) in [5, 5.41) is 9.93. The number of aromatic nitrogens is 1. The predicted octanol–water partition coefficient (Wildman–Crippen LogP) is 4.09. The van der Waals surface area contributed by atoms with Crippen LogP contribution in [0.2, 0.25) is 10.0 Å². The van der Waals surface area contributed by atoms with Gasteiger partial charge in [0.15, 0.2) is 0 Å². The zero-order chi connectivity index (χ0) is 12.6. The van der Waals surface area contributed by atoms with Gasteiger partial charge in [0.1, 0.15) is 5.69 Å². The van der Waals surface area contributed by atoms with Crippen LogP contribution in [0.4, 0.5) is 0 Å². The minimum absolute atomic E-state index is 0.129. The van der Waals surface area contributed by atoms with Crippen LogP contribution in [-0.2, 0) is 0 Å². The van der Waals surface area contributed by atoms with E-state index in [0.29, 0.717) is 15.7 Å². The first-order chi connectivity index (χ1) is 8.00. The second kappa shape index (κ2) is 4.88. The molecule has 1 N–H and O–H groups in total. The van der Waals surface area contributed by atoms with Crippen molar-refractivity contribution < 1.29 is 9.90 Å². The highest BCUT2D eigenvalue weighted by atomic mass is 127. The quantitative estimate of drug-likeness (QED) is 0.796. The van der Waals surface area contributed by atoms with E-state index in [-0.39, 0.29) is 5.69 Å². The van der Waals surface area contributed by atoms with Crippen LogP contribution in [-0.4, -0.2) is 15.6 Å². The van der Waals surface area contributed by atoms with Gasteiger partial charge in [0.05, 0.1) is 15.7 Å². The molecule has 0 amide bonds. The summed E-state index contributed by atoms with van der Waals surface area (Å²) in [5.74, 6) is -1.02. The van der Waals surface area contributed by atoms with Crippen LogP contribution in [0.1, 0.15) is 10.5 Å². The third-order valence-electron chi connectivity index (χ3n) is 2.18. The molecule has 0 bridgehead atoms. The molecule has 1 heterocycles. The van der Waals surface area contributed by atoms with Gasteiger partial charge in [-0.2, -0.15) is 0 Å². The van der Waals surface area contributed by atoms with E-state index in [0.717, 1.165) is 3.57 Å². The van der Waals surface area contributed by atoms with Crippen LogP contribution in [0.3, 0.4) is 0 Å². The molecular formula is C11H6Cl2INO2. The van der Waals surface area contributed by atoms with Crippen molar-refractivity contribution in [1.82, 2.24) is 4.57 Å². The minimum atomic E-state index is -1.02. The number of carbonyl (C=O) groups is 1. The average molecular weight is 382 g/mol. The normalized spacial score (nSPS) is 10.5. The molecule has 0 radical (unpaired) electrons. The maximum Gasteiger partial charge on any atom is 0.352 e. The lowest BCUT2D eigenvalue weighted by atomic mass is 10.3. The number of hydrogen-bond donors (Lipinski definition) is 1. The Morgan fingerprint density at radius 1 is 1.29 bits per heavy atom. The van der Waals surface area contributed by atoms with Crippen LogP contribution >= 0.6 is 45.8 Å². The summed E-state index contributed by atoms with van der Waals surface area (Å²) < 4.78 is 2.28. The Labute approximate surface area is 121 Å². The van der Waals surface area contributed by atoms with E-state index in [4.69, 9.17) is 28.3 Å². The van der Waals surface area contributed by atoms with Crippen molar-refractivity contribution in [2.75, 3.05) is 0 Å². The number of rotatable bonds is 2. The van der Waals surface area contributed by atoms with E-state index in [1.54, 1.807) is 30.5 Å². The Hall–Kier alpha value is -0.720. The third-order valence-corrected chi connectivity index (χ3v) is 3.38. The lowest BCUT2D eigenvalue weighted by Crippen LogP contribution is -2.06. The van der Waals surface area contributed by atoms with Gasteiger partial charge in [0.2, 0.25) is 0 Å². The lowest BCUT2D eigenvalue weighted by molar-refractivity contribution is 0.0688. The van der Waals surface area contributed by atoms with E-state index >= 15 is 0 Å². The van der Waals surface area contributed by atoms with Gasteiger partial charge in [-0.3, -0.25) is 0 Å². The highest BCUT2D eigenvalue weighted by Crippen LogP contribution is 2.30. The molecule has 0 fully saturated rings. The number of benzene rings is 1. The van der Waals surface area contributed by atoms with E-state index in [2.05, 4.69) is 0 Å². The SMILES string of the molecule is O=C(O)c1cc(I)cn1-c1c(Cl)cccc1Cl. The second-order valence-electron chi connectivity index (χ2n) is 3.29. The fraction of sp³-hybridized carbons (Fsp3) is 0. The number of para-hydroxylation sites is 1. The van der Waals surface area contributed by atoms with Gasteiger partial charge >= 0.3 is 5.97 Å². The van der Waals surface area contributed by atoms with Gasteiger partial charge in [0, 0.05) is 9.77 Å². The summed E-state index contributed by atoms with van der Waals surface area (Å²) >= 11 is 14.1. The average Bonchev–Trinajstić information content (AvgIpc) is 2.60. The molecule has 1 aromatic carbocycles. The molecule has 0 aliphatic rings. The number of hydrogen-bond acceptors (Lipinski definition) is 1.